The molecule has 0 amide bonds. The van der Waals surface area contributed by atoms with Crippen LogP contribution in [0.25, 0.3) is 0 Å². The number of aliphatic imine (C=N–C) groups is 1. The van der Waals surface area contributed by atoms with E-state index in [-0.39, 0.29) is 12.5 Å². The van der Waals surface area contributed by atoms with Gasteiger partial charge in [-0.2, -0.15) is 0 Å². The SMILES string of the molecule is CCOC(=O)CNC1=NCc2ccccc21. The minimum atomic E-state index is -0.255. The zero-order chi connectivity index (χ0) is 11.4. The topological polar surface area (TPSA) is 50.7 Å². The van der Waals surface area contributed by atoms with E-state index in [0.29, 0.717) is 13.2 Å². The third-order valence-electron chi connectivity index (χ3n) is 2.39. The number of amidine groups is 1. The second-order valence-electron chi connectivity index (χ2n) is 3.48. The van der Waals surface area contributed by atoms with Crippen LogP contribution in [0.2, 0.25) is 0 Å². The van der Waals surface area contributed by atoms with Crippen LogP contribution in [0.15, 0.2) is 29.3 Å². The number of carbonyl (C=O) groups is 1. The fourth-order valence-corrected chi connectivity index (χ4v) is 1.66. The van der Waals surface area contributed by atoms with Gasteiger partial charge in [0.2, 0.25) is 0 Å². The monoisotopic (exact) mass is 218 g/mol. The Balaban J connectivity index is 1.96. The van der Waals surface area contributed by atoms with Crippen molar-refractivity contribution in [1.29, 1.82) is 0 Å². The maximum absolute atomic E-state index is 11.2. The van der Waals surface area contributed by atoms with Crippen LogP contribution < -0.4 is 5.32 Å². The normalized spacial score (nSPS) is 12.9. The molecule has 0 radical (unpaired) electrons. The minimum absolute atomic E-state index is 0.168. The average Bonchev–Trinajstić information content (AvgIpc) is 2.70. The van der Waals surface area contributed by atoms with E-state index < -0.39 is 0 Å². The van der Waals surface area contributed by atoms with Crippen LogP contribution in [0.1, 0.15) is 18.1 Å². The summed E-state index contributed by atoms with van der Waals surface area (Å²) in [4.78, 5) is 15.5. The van der Waals surface area contributed by atoms with Crippen LogP contribution in [0.5, 0.6) is 0 Å². The van der Waals surface area contributed by atoms with Crippen molar-refractivity contribution in [3.8, 4) is 0 Å². The number of rotatable bonds is 3. The molecule has 2 rings (SSSR count). The molecule has 1 aromatic carbocycles. The smallest absolute Gasteiger partial charge is 0.325 e. The summed E-state index contributed by atoms with van der Waals surface area (Å²) in [6.45, 7) is 3.05. The highest BCUT2D eigenvalue weighted by Crippen LogP contribution is 2.16. The van der Waals surface area contributed by atoms with Crippen molar-refractivity contribution >= 4 is 11.8 Å². The Labute approximate surface area is 94.3 Å². The van der Waals surface area contributed by atoms with Crippen LogP contribution in [-0.4, -0.2) is 25.0 Å². The Morgan fingerprint density at radius 1 is 1.50 bits per heavy atom. The van der Waals surface area contributed by atoms with Gasteiger partial charge in [-0.25, -0.2) is 0 Å². The van der Waals surface area contributed by atoms with E-state index in [1.807, 2.05) is 24.3 Å². The summed E-state index contributed by atoms with van der Waals surface area (Å²) in [5, 5.41) is 3.00. The molecule has 1 N–H and O–H groups in total. The molecule has 0 aromatic heterocycles. The third-order valence-corrected chi connectivity index (χ3v) is 2.39. The van der Waals surface area contributed by atoms with Gasteiger partial charge >= 0.3 is 5.97 Å². The maximum Gasteiger partial charge on any atom is 0.325 e. The Morgan fingerprint density at radius 2 is 2.31 bits per heavy atom. The summed E-state index contributed by atoms with van der Waals surface area (Å²) in [6, 6.07) is 7.99. The highest BCUT2D eigenvalue weighted by Gasteiger charge is 2.15. The molecular formula is C12H14N2O2. The molecular weight excluding hydrogens is 204 g/mol. The van der Waals surface area contributed by atoms with Crippen LogP contribution >= 0.6 is 0 Å². The van der Waals surface area contributed by atoms with E-state index in [9.17, 15) is 4.79 Å². The first-order chi connectivity index (χ1) is 7.81. The van der Waals surface area contributed by atoms with E-state index in [4.69, 9.17) is 4.74 Å². The van der Waals surface area contributed by atoms with Crippen molar-refractivity contribution in [2.75, 3.05) is 13.2 Å². The Hall–Kier alpha value is -1.84. The van der Waals surface area contributed by atoms with Crippen LogP contribution in [0, 0.1) is 0 Å². The molecule has 1 aromatic rings. The highest BCUT2D eigenvalue weighted by molar-refractivity contribution is 6.03. The van der Waals surface area contributed by atoms with Gasteiger partial charge < -0.3 is 10.1 Å². The van der Waals surface area contributed by atoms with Crippen molar-refractivity contribution in [3.63, 3.8) is 0 Å². The molecule has 0 fully saturated rings. The van der Waals surface area contributed by atoms with Gasteiger partial charge in [-0.05, 0) is 12.5 Å². The lowest BCUT2D eigenvalue weighted by Gasteiger charge is -2.06. The summed E-state index contributed by atoms with van der Waals surface area (Å²) in [5.74, 6) is 0.526. The Bertz CT molecular complexity index is 427. The number of hydrogen-bond acceptors (Lipinski definition) is 4. The quantitative estimate of drug-likeness (QED) is 0.773. The predicted molar refractivity (Wildman–Crippen MR) is 61.3 cm³/mol. The fraction of sp³-hybridized carbons (Fsp3) is 0.333. The van der Waals surface area contributed by atoms with Crippen LogP contribution in [0.4, 0.5) is 0 Å². The Kier molecular flexibility index (Phi) is 3.19. The van der Waals surface area contributed by atoms with Crippen molar-refractivity contribution in [2.45, 2.75) is 13.5 Å². The maximum atomic E-state index is 11.2. The van der Waals surface area contributed by atoms with Crippen LogP contribution in [-0.2, 0) is 16.1 Å². The summed E-state index contributed by atoms with van der Waals surface area (Å²) >= 11 is 0. The van der Waals surface area contributed by atoms with Gasteiger partial charge in [-0.3, -0.25) is 9.79 Å². The molecule has 0 saturated carbocycles. The van der Waals surface area contributed by atoms with Gasteiger partial charge in [0.05, 0.1) is 13.2 Å². The predicted octanol–water partition coefficient (Wildman–Crippen LogP) is 1.10. The molecule has 0 saturated heterocycles. The third kappa shape index (κ3) is 2.21. The molecule has 0 aliphatic carbocycles. The molecule has 84 valence electrons. The average molecular weight is 218 g/mol. The first-order valence-electron chi connectivity index (χ1n) is 5.33. The first-order valence-corrected chi connectivity index (χ1v) is 5.33. The molecule has 1 aliphatic heterocycles. The van der Waals surface area contributed by atoms with E-state index in [2.05, 4.69) is 10.3 Å². The lowest BCUT2D eigenvalue weighted by molar-refractivity contribution is -0.141. The lowest BCUT2D eigenvalue weighted by Crippen LogP contribution is -2.30. The fourth-order valence-electron chi connectivity index (χ4n) is 1.66. The van der Waals surface area contributed by atoms with Crippen molar-refractivity contribution in [3.05, 3.63) is 35.4 Å². The number of benzene rings is 1. The second-order valence-corrected chi connectivity index (χ2v) is 3.48. The molecule has 4 nitrogen and oxygen atoms in total. The number of carbonyl (C=O) groups excluding carboxylic acids is 1. The lowest BCUT2D eigenvalue weighted by atomic mass is 10.1. The molecule has 0 unspecified atom stereocenters. The highest BCUT2D eigenvalue weighted by atomic mass is 16.5. The van der Waals surface area contributed by atoms with Crippen molar-refractivity contribution in [2.24, 2.45) is 4.99 Å². The zero-order valence-corrected chi connectivity index (χ0v) is 9.19. The standard InChI is InChI=1S/C12H14N2O2/c1-2-16-11(15)8-14-12-10-6-4-3-5-9(10)7-13-12/h3-6H,2,7-8H2,1H3,(H,13,14). The molecule has 0 spiro atoms. The molecule has 16 heavy (non-hydrogen) atoms. The van der Waals surface area contributed by atoms with E-state index in [1.165, 1.54) is 5.56 Å². The van der Waals surface area contributed by atoms with Gasteiger partial charge in [0.1, 0.15) is 12.4 Å². The molecule has 0 atom stereocenters. The van der Waals surface area contributed by atoms with Gasteiger partial charge in [-0.1, -0.05) is 24.3 Å². The Morgan fingerprint density at radius 3 is 3.12 bits per heavy atom. The minimum Gasteiger partial charge on any atom is -0.465 e. The van der Waals surface area contributed by atoms with Crippen molar-refractivity contribution < 1.29 is 9.53 Å². The summed E-state index contributed by atoms with van der Waals surface area (Å²) in [5.41, 5.74) is 2.26. The first kappa shape index (κ1) is 10.7. The summed E-state index contributed by atoms with van der Waals surface area (Å²) < 4.78 is 4.83. The number of hydrogen-bond donors (Lipinski definition) is 1. The molecule has 0 bridgehead atoms. The number of nitrogens with one attached hydrogen (secondary N) is 1. The number of esters is 1. The summed E-state index contributed by atoms with van der Waals surface area (Å²) in [7, 11) is 0. The van der Waals surface area contributed by atoms with Gasteiger partial charge in [0.25, 0.3) is 0 Å². The van der Waals surface area contributed by atoms with Gasteiger partial charge in [0.15, 0.2) is 0 Å². The number of ether oxygens (including phenoxy) is 1. The summed E-state index contributed by atoms with van der Waals surface area (Å²) in [6.07, 6.45) is 0. The molecule has 1 aliphatic rings. The zero-order valence-electron chi connectivity index (χ0n) is 9.19. The van der Waals surface area contributed by atoms with E-state index >= 15 is 0 Å². The number of fused-ring (bicyclic) bond motifs is 1. The number of nitrogens with zero attached hydrogens (tertiary/aromatic N) is 1. The largest absolute Gasteiger partial charge is 0.465 e. The van der Waals surface area contributed by atoms with E-state index in [1.54, 1.807) is 6.92 Å². The van der Waals surface area contributed by atoms with Crippen LogP contribution in [0.3, 0.4) is 0 Å². The van der Waals surface area contributed by atoms with Gasteiger partial charge in [-0.15, -0.1) is 0 Å². The molecule has 4 heteroatoms. The van der Waals surface area contributed by atoms with Crippen molar-refractivity contribution in [1.82, 2.24) is 5.32 Å². The van der Waals surface area contributed by atoms with Gasteiger partial charge in [0, 0.05) is 5.56 Å². The van der Waals surface area contributed by atoms with E-state index in [0.717, 1.165) is 11.4 Å². The molecule has 1 heterocycles. The second kappa shape index (κ2) is 4.79.